The maximum absolute atomic E-state index is 13.1. The van der Waals surface area contributed by atoms with Crippen LogP contribution in [0, 0.1) is 5.82 Å². The molecule has 118 valence electrons. The number of hydrogen-bond donors (Lipinski definition) is 1. The van der Waals surface area contributed by atoms with E-state index in [4.69, 9.17) is 11.6 Å². The van der Waals surface area contributed by atoms with Gasteiger partial charge in [-0.25, -0.2) is 9.37 Å². The van der Waals surface area contributed by atoms with Crippen molar-refractivity contribution >= 4 is 33.2 Å². The van der Waals surface area contributed by atoms with Gasteiger partial charge in [0.25, 0.3) is 5.56 Å². The molecule has 2 aromatic carbocycles. The lowest BCUT2D eigenvalue weighted by Gasteiger charge is -2.03. The maximum atomic E-state index is 13.1. The normalized spacial score (nSPS) is 11.1. The fourth-order valence-corrected chi connectivity index (χ4v) is 3.61. The zero-order valence-electron chi connectivity index (χ0n) is 12.2. The first-order valence-electron chi connectivity index (χ1n) is 7.15. The Morgan fingerprint density at radius 1 is 1.00 bits per heavy atom. The third-order valence-corrected chi connectivity index (χ3v) is 4.84. The Hall–Kier alpha value is -2.50. The lowest BCUT2D eigenvalue weighted by atomic mass is 10.1. The number of H-pyrrole nitrogens is 1. The molecule has 0 radical (unpaired) electrons. The smallest absolute Gasteiger partial charge is 0.260 e. The van der Waals surface area contributed by atoms with Crippen molar-refractivity contribution in [3.63, 3.8) is 0 Å². The number of nitrogens with zero attached hydrogens (tertiary/aromatic N) is 1. The monoisotopic (exact) mass is 356 g/mol. The van der Waals surface area contributed by atoms with Gasteiger partial charge in [0.05, 0.1) is 5.39 Å². The summed E-state index contributed by atoms with van der Waals surface area (Å²) >= 11 is 7.28. The minimum absolute atomic E-state index is 0.217. The van der Waals surface area contributed by atoms with Gasteiger partial charge in [0, 0.05) is 21.5 Å². The standard InChI is InChI=1S/C18H10ClFN2OS/c19-12-5-1-11(2-6-12)16-21-17(23)15-14(9-24-18(15)22-16)10-3-7-13(20)8-4-10/h1-9H,(H,21,22,23). The van der Waals surface area contributed by atoms with Crippen molar-refractivity contribution in [1.29, 1.82) is 0 Å². The van der Waals surface area contributed by atoms with Crippen molar-refractivity contribution in [2.45, 2.75) is 0 Å². The van der Waals surface area contributed by atoms with Crippen molar-refractivity contribution in [3.05, 3.63) is 75.1 Å². The lowest BCUT2D eigenvalue weighted by molar-refractivity contribution is 0.628. The molecule has 0 aliphatic heterocycles. The molecule has 3 nitrogen and oxygen atoms in total. The van der Waals surface area contributed by atoms with Crippen LogP contribution in [0.25, 0.3) is 32.7 Å². The van der Waals surface area contributed by atoms with E-state index in [2.05, 4.69) is 9.97 Å². The molecule has 0 aliphatic carbocycles. The van der Waals surface area contributed by atoms with Gasteiger partial charge >= 0.3 is 0 Å². The molecule has 0 saturated carbocycles. The Balaban J connectivity index is 1.88. The third kappa shape index (κ3) is 2.62. The van der Waals surface area contributed by atoms with Gasteiger partial charge in [-0.15, -0.1) is 11.3 Å². The van der Waals surface area contributed by atoms with E-state index in [-0.39, 0.29) is 11.4 Å². The number of nitrogens with one attached hydrogen (secondary N) is 1. The first kappa shape index (κ1) is 15.1. The van der Waals surface area contributed by atoms with Crippen LogP contribution < -0.4 is 5.56 Å². The number of aromatic nitrogens is 2. The molecule has 0 atom stereocenters. The molecule has 2 aromatic heterocycles. The van der Waals surface area contributed by atoms with Gasteiger partial charge in [0.1, 0.15) is 16.5 Å². The summed E-state index contributed by atoms with van der Waals surface area (Å²) in [7, 11) is 0. The highest BCUT2D eigenvalue weighted by Gasteiger charge is 2.13. The van der Waals surface area contributed by atoms with Crippen LogP contribution in [0.3, 0.4) is 0 Å². The Morgan fingerprint density at radius 3 is 2.38 bits per heavy atom. The van der Waals surface area contributed by atoms with E-state index in [0.717, 1.165) is 16.7 Å². The molecule has 2 heterocycles. The summed E-state index contributed by atoms with van der Waals surface area (Å²) in [5.74, 6) is 0.187. The molecule has 4 aromatic rings. The molecule has 1 N–H and O–H groups in total. The summed E-state index contributed by atoms with van der Waals surface area (Å²) in [6.45, 7) is 0. The molecular formula is C18H10ClFN2OS. The summed E-state index contributed by atoms with van der Waals surface area (Å²) in [5.41, 5.74) is 2.11. The van der Waals surface area contributed by atoms with Crippen LogP contribution in [0.2, 0.25) is 5.02 Å². The van der Waals surface area contributed by atoms with Crippen molar-refractivity contribution in [3.8, 4) is 22.5 Å². The van der Waals surface area contributed by atoms with Crippen molar-refractivity contribution in [1.82, 2.24) is 9.97 Å². The number of fused-ring (bicyclic) bond motifs is 1. The van der Waals surface area contributed by atoms with Gasteiger partial charge in [0.2, 0.25) is 0 Å². The maximum Gasteiger partial charge on any atom is 0.260 e. The second-order valence-electron chi connectivity index (χ2n) is 5.26. The topological polar surface area (TPSA) is 45.8 Å². The summed E-state index contributed by atoms with van der Waals surface area (Å²) in [6, 6.07) is 13.2. The molecule has 0 bridgehead atoms. The Bertz CT molecular complexity index is 1080. The summed E-state index contributed by atoms with van der Waals surface area (Å²) in [4.78, 5) is 20.6. The summed E-state index contributed by atoms with van der Waals surface area (Å²) in [5, 5.41) is 3.01. The quantitative estimate of drug-likeness (QED) is 0.542. The SMILES string of the molecule is O=c1[nH]c(-c2ccc(Cl)cc2)nc2scc(-c3ccc(F)cc3)c12. The predicted molar refractivity (Wildman–Crippen MR) is 96.1 cm³/mol. The van der Waals surface area contributed by atoms with Crippen molar-refractivity contribution in [2.24, 2.45) is 0 Å². The number of halogens is 2. The summed E-state index contributed by atoms with van der Waals surface area (Å²) in [6.07, 6.45) is 0. The Morgan fingerprint density at radius 2 is 1.67 bits per heavy atom. The van der Waals surface area contributed by atoms with Gasteiger partial charge in [-0.1, -0.05) is 23.7 Å². The average Bonchev–Trinajstić information content (AvgIpc) is 3.01. The van der Waals surface area contributed by atoms with E-state index < -0.39 is 0 Å². The first-order valence-corrected chi connectivity index (χ1v) is 8.41. The highest BCUT2D eigenvalue weighted by Crippen LogP contribution is 2.31. The molecule has 0 spiro atoms. The second kappa shape index (κ2) is 5.85. The predicted octanol–water partition coefficient (Wildman–Crippen LogP) is 5.11. The fraction of sp³-hybridized carbons (Fsp3) is 0. The third-order valence-electron chi connectivity index (χ3n) is 3.72. The van der Waals surface area contributed by atoms with Crippen LogP contribution in [-0.2, 0) is 0 Å². The zero-order chi connectivity index (χ0) is 16.7. The van der Waals surface area contributed by atoms with Crippen molar-refractivity contribution in [2.75, 3.05) is 0 Å². The highest BCUT2D eigenvalue weighted by molar-refractivity contribution is 7.17. The summed E-state index contributed by atoms with van der Waals surface area (Å²) < 4.78 is 13.1. The first-order chi connectivity index (χ1) is 11.6. The average molecular weight is 357 g/mol. The molecule has 0 amide bonds. The number of thiophene rings is 1. The van der Waals surface area contributed by atoms with E-state index in [1.165, 1.54) is 23.5 Å². The number of rotatable bonds is 2. The molecule has 0 unspecified atom stereocenters. The number of benzene rings is 2. The minimum Gasteiger partial charge on any atom is -0.306 e. The van der Waals surface area contributed by atoms with E-state index >= 15 is 0 Å². The van der Waals surface area contributed by atoms with Crippen LogP contribution in [0.4, 0.5) is 4.39 Å². The van der Waals surface area contributed by atoms with Gasteiger partial charge < -0.3 is 4.98 Å². The zero-order valence-corrected chi connectivity index (χ0v) is 13.8. The van der Waals surface area contributed by atoms with E-state index in [1.54, 1.807) is 36.4 Å². The lowest BCUT2D eigenvalue weighted by Crippen LogP contribution is -2.08. The fourth-order valence-electron chi connectivity index (χ4n) is 2.54. The van der Waals surface area contributed by atoms with Crippen LogP contribution in [0.15, 0.2) is 58.7 Å². The van der Waals surface area contributed by atoms with E-state index in [9.17, 15) is 9.18 Å². The molecule has 0 saturated heterocycles. The largest absolute Gasteiger partial charge is 0.306 e. The van der Waals surface area contributed by atoms with E-state index in [0.29, 0.717) is 21.1 Å². The molecule has 24 heavy (non-hydrogen) atoms. The van der Waals surface area contributed by atoms with Crippen LogP contribution in [0.5, 0.6) is 0 Å². The second-order valence-corrected chi connectivity index (χ2v) is 6.55. The van der Waals surface area contributed by atoms with Crippen LogP contribution in [0.1, 0.15) is 0 Å². The van der Waals surface area contributed by atoms with Crippen LogP contribution in [-0.4, -0.2) is 9.97 Å². The Kier molecular flexibility index (Phi) is 3.67. The van der Waals surface area contributed by atoms with Gasteiger partial charge in [-0.2, -0.15) is 0 Å². The van der Waals surface area contributed by atoms with Gasteiger partial charge in [-0.05, 0) is 42.0 Å². The molecule has 0 fully saturated rings. The van der Waals surface area contributed by atoms with Crippen LogP contribution >= 0.6 is 22.9 Å². The molecule has 0 aliphatic rings. The highest BCUT2D eigenvalue weighted by atomic mass is 35.5. The van der Waals surface area contributed by atoms with Gasteiger partial charge in [0.15, 0.2) is 0 Å². The molecular weight excluding hydrogens is 347 g/mol. The number of aromatic amines is 1. The minimum atomic E-state index is -0.310. The van der Waals surface area contributed by atoms with Gasteiger partial charge in [-0.3, -0.25) is 4.79 Å². The molecule has 6 heteroatoms. The van der Waals surface area contributed by atoms with Crippen molar-refractivity contribution < 1.29 is 4.39 Å². The van der Waals surface area contributed by atoms with E-state index in [1.807, 2.05) is 5.38 Å². The molecule has 4 rings (SSSR count). The Labute approximate surface area is 145 Å². The number of hydrogen-bond acceptors (Lipinski definition) is 3.